The summed E-state index contributed by atoms with van der Waals surface area (Å²) in [5.74, 6) is -3.62. The fourth-order valence-electron chi connectivity index (χ4n) is 13.7. The summed E-state index contributed by atoms with van der Waals surface area (Å²) < 4.78 is 10.3. The van der Waals surface area contributed by atoms with Gasteiger partial charge in [-0.2, -0.15) is 0 Å². The van der Waals surface area contributed by atoms with E-state index in [0.29, 0.717) is 214 Å². The van der Waals surface area contributed by atoms with Crippen molar-refractivity contribution in [1.82, 2.24) is 93.6 Å². The molecule has 11 unspecified atom stereocenters. The number of ether oxygens (including phenoxy) is 2. The van der Waals surface area contributed by atoms with Crippen molar-refractivity contribution in [1.29, 1.82) is 0 Å². The first-order valence-corrected chi connectivity index (χ1v) is 53.9. The lowest BCUT2D eigenvalue weighted by atomic mass is 10.0. The molecule has 41 N–H and O–H groups in total. The molecule has 11 atom stereocenters. The fraction of sp³-hybridized carbons (Fsp3) is 0.863. The zero-order chi connectivity index (χ0) is 113. The van der Waals surface area contributed by atoms with E-state index in [9.17, 15) is 67.1 Å². The number of rotatable bonds is 82. The molecule has 0 saturated heterocycles. The number of urea groups is 1. The van der Waals surface area contributed by atoms with Crippen molar-refractivity contribution in [3.63, 3.8) is 0 Å². The highest BCUT2D eigenvalue weighted by atomic mass is 16.6. The number of hydrogen-bond donors (Lipinski definition) is 27. The number of primary amides is 1. The Morgan fingerprint density at radius 1 is 0.227 bits per heavy atom. The predicted octanol–water partition coefficient (Wildman–Crippen LogP) is -1.22. The lowest BCUT2D eigenvalue weighted by molar-refractivity contribution is -0.155. The van der Waals surface area contributed by atoms with Crippen LogP contribution in [0.1, 0.15) is 294 Å². The van der Waals surface area contributed by atoms with Crippen LogP contribution in [0.3, 0.4) is 0 Å². The average Bonchev–Trinajstić information content (AvgIpc) is 0.868. The van der Waals surface area contributed by atoms with E-state index < -0.39 is 107 Å². The average molecular weight is 2150 g/mol. The van der Waals surface area contributed by atoms with Crippen LogP contribution in [-0.2, 0) is 67.0 Å². The van der Waals surface area contributed by atoms with Crippen molar-refractivity contribution in [2.75, 3.05) is 201 Å². The smallest absolute Gasteiger partial charge is 0.407 e. The topological polar surface area (TPSA) is 794 Å². The van der Waals surface area contributed by atoms with Gasteiger partial charge in [-0.25, -0.2) is 9.59 Å². The van der Waals surface area contributed by atoms with Crippen LogP contribution in [0.2, 0.25) is 0 Å². The van der Waals surface area contributed by atoms with Crippen molar-refractivity contribution in [2.45, 2.75) is 372 Å². The highest BCUT2D eigenvalue weighted by Crippen LogP contribution is 2.14. The molecule has 48 heteroatoms. The maximum atomic E-state index is 14.0. The monoisotopic (exact) mass is 2150 g/mol. The normalized spacial score (nSPS) is 13.3. The maximum absolute atomic E-state index is 14.0. The van der Waals surface area contributed by atoms with Gasteiger partial charge in [0.25, 0.3) is 0 Å². The summed E-state index contributed by atoms with van der Waals surface area (Å²) in [6, 6.07) is -8.38. The van der Waals surface area contributed by atoms with Crippen molar-refractivity contribution in [2.24, 2.45) is 80.3 Å². The number of esters is 1. The Hall–Kier alpha value is -8.54. The highest BCUT2D eigenvalue weighted by Gasteiger charge is 2.31. The molecule has 0 aromatic heterocycles. The van der Waals surface area contributed by atoms with E-state index >= 15 is 0 Å². The third-order valence-electron chi connectivity index (χ3n) is 22.4. The van der Waals surface area contributed by atoms with Gasteiger partial charge < -0.3 is 183 Å². The standard InChI is InChI=1S/C47H98N16O7.C16H34N4O3.C14H29N3O3.C12H27N5O2.C11H26N4O.2CH4/c1-63(2)33-17-32-59-46(69)39(62-47(70)40(61-44(67)37(55)21-6-13-28-51)24-9-15-30-57-42(65)35(53)19-4-11-26-49)23-8-16-31-58-45(68)38(60-43(66)36(54)20-5-12-27-50)22-7-14-29-56-41(64)34(52)18-3-10-25-48;1-16(2,3)23-15(22)19-10-7-6-9-13(17)14(21)18-11-8-12-20(4)5;1-14(2,3)20-12(18)8-7-11(15)13(19)16-9-6-10-17(4)5;1-17(2)9-5-8-15-11(18)10(13)6-3-4-7-16-12(14)19;1-15(2)9-5-8-14-11(16)10(13)6-3-4-7-12;;/h34-40H,3-33,48-55H2,1-2H3,(H,56,64)(H,57,65)(H,58,68)(H,59,69)(H,60,66)(H,61,67)(H,62,70);13H,6-12,17H2,1-5H3,(H,18,21)(H,19,22);11H,6-10,15H2,1-5H3,(H,16,19);10H,3-9,13H2,1-2H3,(H,15,18)(H3,14,16,19);10H,3-9,12-13H2,1-2H3,(H,14,16);2*1H4. The number of carbonyl (C=O) groups is 14. The molecule has 0 aliphatic heterocycles. The second-order valence-electron chi connectivity index (χ2n) is 40.9. The number of nitrogens with one attached hydrogen (secondary N) is 13. The minimum Gasteiger partial charge on any atom is -0.460 e. The van der Waals surface area contributed by atoms with Crippen LogP contribution in [-0.4, -0.2) is 387 Å². The summed E-state index contributed by atoms with van der Waals surface area (Å²) in [7, 11) is 19.8. The second-order valence-corrected chi connectivity index (χ2v) is 40.9. The number of unbranched alkanes of at least 4 members (excludes halogenated alkanes) is 10. The minimum absolute atomic E-state index is 0. The van der Waals surface area contributed by atoms with Gasteiger partial charge in [0.1, 0.15) is 29.3 Å². The molecule has 0 aliphatic carbocycles. The first-order valence-electron chi connectivity index (χ1n) is 53.9. The third-order valence-corrected chi connectivity index (χ3v) is 22.4. The molecule has 14 amide bonds. The summed E-state index contributed by atoms with van der Waals surface area (Å²) in [6.07, 6.45) is 22.5. The van der Waals surface area contributed by atoms with Crippen LogP contribution >= 0.6 is 0 Å². The molecule has 0 aromatic rings. The van der Waals surface area contributed by atoms with Crippen molar-refractivity contribution in [3.05, 3.63) is 0 Å². The van der Waals surface area contributed by atoms with E-state index in [2.05, 4.69) is 88.7 Å². The first kappa shape index (κ1) is 154. The Morgan fingerprint density at radius 2 is 0.413 bits per heavy atom. The van der Waals surface area contributed by atoms with Gasteiger partial charge in [0.05, 0.1) is 48.3 Å². The van der Waals surface area contributed by atoms with Crippen LogP contribution in [0.4, 0.5) is 9.59 Å². The van der Waals surface area contributed by atoms with E-state index in [0.717, 1.165) is 129 Å². The number of alkyl carbamates (subject to hydrolysis) is 1. The fourth-order valence-corrected chi connectivity index (χ4v) is 13.7. The van der Waals surface area contributed by atoms with Crippen molar-refractivity contribution < 1.29 is 76.6 Å². The van der Waals surface area contributed by atoms with Crippen LogP contribution in [0.5, 0.6) is 0 Å². The third kappa shape index (κ3) is 101. The largest absolute Gasteiger partial charge is 0.460 e. The van der Waals surface area contributed by atoms with Crippen molar-refractivity contribution in [3.8, 4) is 0 Å². The van der Waals surface area contributed by atoms with Gasteiger partial charge in [-0.15, -0.1) is 0 Å². The van der Waals surface area contributed by atoms with Crippen molar-refractivity contribution >= 4 is 83.1 Å². The molecule has 0 heterocycles. The van der Waals surface area contributed by atoms with E-state index in [-0.39, 0.29) is 94.0 Å². The maximum Gasteiger partial charge on any atom is 0.407 e. The van der Waals surface area contributed by atoms with Gasteiger partial charge in [-0.05, 0) is 377 Å². The lowest BCUT2D eigenvalue weighted by Crippen LogP contribution is -2.55. The van der Waals surface area contributed by atoms with Gasteiger partial charge in [-0.1, -0.05) is 47.0 Å². The second kappa shape index (κ2) is 99.8. The Balaban J connectivity index is -0.000000409. The quantitative estimate of drug-likeness (QED) is 0.0251. The highest BCUT2D eigenvalue weighted by molar-refractivity contribution is 5.93. The summed E-state index contributed by atoms with van der Waals surface area (Å²) in [5, 5.41) is 36.4. The van der Waals surface area contributed by atoms with Gasteiger partial charge in [-0.3, -0.25) is 57.5 Å². The van der Waals surface area contributed by atoms with E-state index in [1.54, 1.807) is 0 Å². The molecule has 0 aromatic carbocycles. The summed E-state index contributed by atoms with van der Waals surface area (Å²) in [5.41, 5.74) is 79.1. The Labute approximate surface area is 902 Å². The van der Waals surface area contributed by atoms with E-state index in [1.807, 2.05) is 117 Å². The Bertz CT molecular complexity index is 3440. The molecule has 0 bridgehead atoms. The molecule has 0 spiro atoms. The number of nitrogens with two attached hydrogens (primary N) is 14. The summed E-state index contributed by atoms with van der Waals surface area (Å²) in [4.78, 5) is 183. The van der Waals surface area contributed by atoms with Crippen LogP contribution in [0.25, 0.3) is 0 Å². The molecule has 0 saturated carbocycles. The van der Waals surface area contributed by atoms with Gasteiger partial charge in [0, 0.05) is 71.9 Å². The number of hydrogen-bond acceptors (Lipinski definition) is 34. The summed E-state index contributed by atoms with van der Waals surface area (Å²) in [6.45, 7) is 22.9. The molecule has 0 fully saturated rings. The minimum atomic E-state index is -1.02. The summed E-state index contributed by atoms with van der Waals surface area (Å²) >= 11 is 0. The molecular weight excluding hydrogens is 1930 g/mol. The zero-order valence-corrected chi connectivity index (χ0v) is 94.0. The molecule has 48 nitrogen and oxygen atoms in total. The Morgan fingerprint density at radius 3 is 0.640 bits per heavy atom. The zero-order valence-electron chi connectivity index (χ0n) is 94.0. The lowest BCUT2D eigenvalue weighted by Gasteiger charge is -2.25. The number of carbonyl (C=O) groups excluding carboxylic acids is 14. The molecule has 0 rings (SSSR count). The van der Waals surface area contributed by atoms with Gasteiger partial charge in [0.2, 0.25) is 65.0 Å². The van der Waals surface area contributed by atoms with E-state index in [1.165, 1.54) is 0 Å². The van der Waals surface area contributed by atoms with Crippen LogP contribution in [0.15, 0.2) is 0 Å². The number of nitrogens with zero attached hydrogens (tertiary/aromatic N) is 5. The molecule has 150 heavy (non-hydrogen) atoms. The number of amides is 14. The molecule has 0 aliphatic rings. The Kier molecular flexibility index (Phi) is 103. The molecular formula is C102H222N32O16. The van der Waals surface area contributed by atoms with Gasteiger partial charge >= 0.3 is 18.1 Å². The SMILES string of the molecule is C.C.CN(C)CCCNC(=O)C(CCCCNC(=O)C(CCCCNC(=O)C(N)CCCCN)NC(=O)C(N)CCCCN)NC(=O)C(CCCCNC(=O)C(N)CCCCN)NC(=O)C(N)CCCCN.CN(C)CCCNC(=O)C(N)CCC(=O)OC(C)(C)C.CN(C)CCCNC(=O)C(N)CCCCN.CN(C)CCCNC(=O)C(N)CCCCNC(=O)OC(C)(C)C.CN(C)CCCNC(=O)C(N)CCCCNC(N)=O. The predicted molar refractivity (Wildman–Crippen MR) is 604 cm³/mol. The molecule has 886 valence electrons. The first-order chi connectivity index (χ1) is 69.8. The van der Waals surface area contributed by atoms with Crippen LogP contribution < -0.4 is 149 Å². The van der Waals surface area contributed by atoms with Gasteiger partial charge in [0.15, 0.2) is 0 Å². The van der Waals surface area contributed by atoms with Crippen LogP contribution in [0, 0.1) is 0 Å². The molecule has 0 radical (unpaired) electrons. The van der Waals surface area contributed by atoms with E-state index in [4.69, 9.17) is 89.7 Å².